The predicted molar refractivity (Wildman–Crippen MR) is 194 cm³/mol. The molecule has 0 fully saturated rings. The number of rotatable bonds is 12. The number of thiazole rings is 1. The number of carbonyl (C=O) groups excluding carboxylic acids is 2. The highest BCUT2D eigenvalue weighted by atomic mass is 127. The maximum absolute atomic E-state index is 14.0. The van der Waals surface area contributed by atoms with Crippen LogP contribution in [0.15, 0.2) is 80.6 Å². The summed E-state index contributed by atoms with van der Waals surface area (Å²) in [5.74, 6) is 0.770. The first kappa shape index (κ1) is 35.4. The van der Waals surface area contributed by atoms with Gasteiger partial charge in [-0.1, -0.05) is 29.5 Å². The molecule has 4 aromatic rings. The fourth-order valence-electron chi connectivity index (χ4n) is 5.05. The SMILES string of the molecule is CCOC(=O)c1ccc(COc2c(Br)cc(/C=c3/sc4n(c3=O)[C@H](c3ccc(OCC)c(OCC)c3)C(C(=O)OC)=CN=4)cc2I)cc1. The van der Waals surface area contributed by atoms with Crippen molar-refractivity contribution in [1.29, 1.82) is 0 Å². The molecule has 0 bridgehead atoms. The molecule has 0 amide bonds. The minimum Gasteiger partial charge on any atom is -0.490 e. The van der Waals surface area contributed by atoms with E-state index in [1.807, 2.05) is 44.2 Å². The van der Waals surface area contributed by atoms with Crippen molar-refractivity contribution >= 4 is 67.9 Å². The molecular weight excluding hydrogens is 815 g/mol. The van der Waals surface area contributed by atoms with Gasteiger partial charge in [0.05, 0.1) is 56.7 Å². The minimum absolute atomic E-state index is 0.220. The quantitative estimate of drug-likeness (QED) is 0.127. The fourth-order valence-corrected chi connectivity index (χ4v) is 7.78. The molecule has 0 spiro atoms. The highest BCUT2D eigenvalue weighted by Crippen LogP contribution is 2.36. The zero-order valence-corrected chi connectivity index (χ0v) is 31.1. The van der Waals surface area contributed by atoms with Crippen LogP contribution in [0.5, 0.6) is 17.2 Å². The van der Waals surface area contributed by atoms with E-state index in [0.717, 1.165) is 14.7 Å². The van der Waals surface area contributed by atoms with E-state index in [2.05, 4.69) is 43.5 Å². The van der Waals surface area contributed by atoms with Gasteiger partial charge in [-0.3, -0.25) is 9.36 Å². The molecule has 1 aromatic heterocycles. The smallest absolute Gasteiger partial charge is 0.338 e. The maximum atomic E-state index is 14.0. The second-order valence-corrected chi connectivity index (χ2v) is 13.3. The van der Waals surface area contributed by atoms with Gasteiger partial charge in [-0.05, 0) is 118 Å². The van der Waals surface area contributed by atoms with Crippen LogP contribution in [0.2, 0.25) is 0 Å². The van der Waals surface area contributed by atoms with Crippen LogP contribution in [-0.2, 0) is 20.9 Å². The van der Waals surface area contributed by atoms with Crippen LogP contribution in [-0.4, -0.2) is 43.4 Å². The van der Waals surface area contributed by atoms with Crippen molar-refractivity contribution in [3.8, 4) is 17.2 Å². The number of hydrogen-bond acceptors (Lipinski definition) is 10. The van der Waals surface area contributed by atoms with Gasteiger partial charge in [0.25, 0.3) is 5.56 Å². The van der Waals surface area contributed by atoms with Gasteiger partial charge in [-0.2, -0.15) is 0 Å². The Morgan fingerprint density at radius 3 is 2.35 bits per heavy atom. The van der Waals surface area contributed by atoms with Crippen LogP contribution in [0.4, 0.5) is 0 Å². The van der Waals surface area contributed by atoms with Gasteiger partial charge in [0.1, 0.15) is 12.4 Å². The minimum atomic E-state index is -0.792. The van der Waals surface area contributed by atoms with Crippen molar-refractivity contribution in [2.75, 3.05) is 26.9 Å². The number of fused-ring (bicyclic) bond motifs is 1. The Morgan fingerprint density at radius 2 is 1.69 bits per heavy atom. The maximum Gasteiger partial charge on any atom is 0.338 e. The van der Waals surface area contributed by atoms with Crippen LogP contribution < -0.4 is 29.1 Å². The van der Waals surface area contributed by atoms with Gasteiger partial charge in [0.2, 0.25) is 0 Å². The number of esters is 2. The average molecular weight is 848 g/mol. The van der Waals surface area contributed by atoms with Crippen molar-refractivity contribution < 1.29 is 33.3 Å². The van der Waals surface area contributed by atoms with Gasteiger partial charge in [0, 0.05) is 6.20 Å². The number of carbonyl (C=O) groups is 2. The van der Waals surface area contributed by atoms with Crippen molar-refractivity contribution in [3.05, 3.63) is 116 Å². The fraction of sp³-hybridized carbons (Fsp3) is 0.257. The second-order valence-electron chi connectivity index (χ2n) is 10.3. The molecular formula is C35H32BrIN2O8S. The molecule has 1 aliphatic rings. The molecule has 1 aliphatic heterocycles. The molecule has 3 aromatic carbocycles. The molecule has 250 valence electrons. The van der Waals surface area contributed by atoms with E-state index >= 15 is 0 Å². The molecule has 0 N–H and O–H groups in total. The largest absolute Gasteiger partial charge is 0.490 e. The van der Waals surface area contributed by atoms with Crippen molar-refractivity contribution in [2.24, 2.45) is 4.99 Å². The first-order valence-corrected chi connectivity index (χ1v) is 17.7. The predicted octanol–water partition coefficient (Wildman–Crippen LogP) is 5.94. The van der Waals surface area contributed by atoms with Gasteiger partial charge in [0.15, 0.2) is 16.3 Å². The lowest BCUT2D eigenvalue weighted by Crippen LogP contribution is -2.39. The van der Waals surface area contributed by atoms with Crippen LogP contribution in [0, 0.1) is 3.57 Å². The van der Waals surface area contributed by atoms with E-state index in [1.54, 1.807) is 37.3 Å². The van der Waals surface area contributed by atoms with E-state index in [0.29, 0.717) is 62.0 Å². The number of ether oxygens (including phenoxy) is 5. The summed E-state index contributed by atoms with van der Waals surface area (Å²) < 4.78 is 31.3. The third-order valence-corrected chi connectivity index (χ3v) is 9.56. The lowest BCUT2D eigenvalue weighted by Gasteiger charge is -2.23. The monoisotopic (exact) mass is 846 g/mol. The Kier molecular flexibility index (Phi) is 11.8. The first-order valence-electron chi connectivity index (χ1n) is 15.1. The van der Waals surface area contributed by atoms with E-state index in [4.69, 9.17) is 23.7 Å². The number of methoxy groups -OCH3 is 1. The van der Waals surface area contributed by atoms with Gasteiger partial charge < -0.3 is 23.7 Å². The van der Waals surface area contributed by atoms with Crippen LogP contribution in [0.1, 0.15) is 53.9 Å². The Labute approximate surface area is 302 Å². The summed E-state index contributed by atoms with van der Waals surface area (Å²) >= 11 is 7.04. The molecule has 5 rings (SSSR count). The molecule has 13 heteroatoms. The van der Waals surface area contributed by atoms with E-state index in [-0.39, 0.29) is 23.7 Å². The van der Waals surface area contributed by atoms with E-state index < -0.39 is 12.0 Å². The first-order chi connectivity index (χ1) is 23.2. The second kappa shape index (κ2) is 16.0. The number of benzene rings is 3. The lowest BCUT2D eigenvalue weighted by molar-refractivity contribution is -0.136. The average Bonchev–Trinajstić information content (AvgIpc) is 3.39. The lowest BCUT2D eigenvalue weighted by atomic mass is 9.97. The van der Waals surface area contributed by atoms with Crippen LogP contribution in [0.25, 0.3) is 6.08 Å². The highest BCUT2D eigenvalue weighted by Gasteiger charge is 2.31. The van der Waals surface area contributed by atoms with Gasteiger partial charge in [-0.25, -0.2) is 14.6 Å². The summed E-state index contributed by atoms with van der Waals surface area (Å²) in [5.41, 5.74) is 2.70. The molecule has 48 heavy (non-hydrogen) atoms. The Morgan fingerprint density at radius 1 is 0.958 bits per heavy atom. The molecule has 0 saturated heterocycles. The number of halogens is 2. The molecule has 0 radical (unpaired) electrons. The van der Waals surface area contributed by atoms with Crippen LogP contribution >= 0.6 is 49.9 Å². The molecule has 2 heterocycles. The Hall–Kier alpha value is -3.95. The summed E-state index contributed by atoms with van der Waals surface area (Å²) in [6, 6.07) is 15.4. The summed E-state index contributed by atoms with van der Waals surface area (Å²) in [6.45, 7) is 6.99. The normalized spacial score (nSPS) is 14.0. The molecule has 0 unspecified atom stereocenters. The zero-order valence-electron chi connectivity index (χ0n) is 26.6. The van der Waals surface area contributed by atoms with Crippen molar-refractivity contribution in [1.82, 2.24) is 4.57 Å². The highest BCUT2D eigenvalue weighted by molar-refractivity contribution is 14.1. The molecule has 0 aliphatic carbocycles. The van der Waals surface area contributed by atoms with Gasteiger partial charge in [-0.15, -0.1) is 0 Å². The summed E-state index contributed by atoms with van der Waals surface area (Å²) in [7, 11) is 1.30. The third kappa shape index (κ3) is 7.68. The Bertz CT molecular complexity index is 2030. The van der Waals surface area contributed by atoms with Gasteiger partial charge >= 0.3 is 11.9 Å². The third-order valence-electron chi connectivity index (χ3n) is 7.17. The van der Waals surface area contributed by atoms with Crippen molar-refractivity contribution in [3.63, 3.8) is 0 Å². The number of aromatic nitrogens is 1. The summed E-state index contributed by atoms with van der Waals surface area (Å²) in [4.78, 5) is 43.8. The van der Waals surface area contributed by atoms with E-state index in [9.17, 15) is 14.4 Å². The topological polar surface area (TPSA) is 115 Å². The Balaban J connectivity index is 1.47. The number of nitrogens with zero attached hydrogens (tertiary/aromatic N) is 2. The summed E-state index contributed by atoms with van der Waals surface area (Å²) in [6.07, 6.45) is 3.25. The molecule has 0 saturated carbocycles. The summed E-state index contributed by atoms with van der Waals surface area (Å²) in [5, 5.41) is 0. The molecule has 1 atom stereocenters. The van der Waals surface area contributed by atoms with Crippen LogP contribution in [0.3, 0.4) is 0 Å². The van der Waals surface area contributed by atoms with E-state index in [1.165, 1.54) is 29.2 Å². The zero-order chi connectivity index (χ0) is 34.4. The number of hydrogen-bond donors (Lipinski definition) is 0. The van der Waals surface area contributed by atoms with Crippen molar-refractivity contribution in [2.45, 2.75) is 33.4 Å². The molecule has 10 nitrogen and oxygen atoms in total. The standard InChI is InChI=1S/C35H32BrIN2O8S/c1-5-44-27-13-12-23(17-28(27)45-6-2)30-24(34(42)43-4)18-38-35-39(30)32(40)29(48-35)16-21-14-25(36)31(26(37)15-21)47-19-20-8-10-22(11-9-20)33(41)46-7-3/h8-18,30H,5-7,19H2,1-4H3/b29-16+/t30-/m1/s1.